The minimum atomic E-state index is -2.36. The van der Waals surface area contributed by atoms with Crippen molar-refractivity contribution in [3.05, 3.63) is 35.1 Å². The monoisotopic (exact) mass is 485 g/mol. The van der Waals surface area contributed by atoms with Gasteiger partial charge in [-0.3, -0.25) is 4.79 Å². The summed E-state index contributed by atoms with van der Waals surface area (Å²) in [5.41, 5.74) is -1.42. The number of Topliss-reactive ketones (excluding diaryl/α,β-unsaturated/α-hetero) is 1. The van der Waals surface area contributed by atoms with Gasteiger partial charge in [-0.05, 0) is 38.5 Å². The van der Waals surface area contributed by atoms with E-state index < -0.39 is 29.9 Å². The number of allylic oxidation sites excluding steroid dienone is 2. The quantitative estimate of drug-likeness (QED) is 0.287. The predicted molar refractivity (Wildman–Crippen MR) is 107 cm³/mol. The average Bonchev–Trinajstić information content (AvgIpc) is 3.28. The summed E-state index contributed by atoms with van der Waals surface area (Å²) in [4.78, 5) is 26.9. The molecule has 0 radical (unpaired) electrons. The van der Waals surface area contributed by atoms with E-state index in [4.69, 9.17) is 0 Å². The average molecular weight is 486 g/mol. The van der Waals surface area contributed by atoms with Gasteiger partial charge in [-0.1, -0.05) is 23.9 Å². The van der Waals surface area contributed by atoms with Crippen molar-refractivity contribution in [2.45, 2.75) is 55.4 Å². The minimum Gasteiger partial charge on any atom is -0.543 e. The third-order valence-electron chi connectivity index (χ3n) is 5.03. The zero-order chi connectivity index (χ0) is 22.3. The van der Waals surface area contributed by atoms with Crippen molar-refractivity contribution in [1.29, 1.82) is 0 Å². The molecular formula is C20H23F3NNaO4S2. The number of aromatic carboxylic acids is 1. The van der Waals surface area contributed by atoms with E-state index in [9.17, 15) is 33.0 Å². The Morgan fingerprint density at radius 1 is 1.45 bits per heavy atom. The number of thiazole rings is 1. The Labute approximate surface area is 209 Å². The van der Waals surface area contributed by atoms with E-state index in [-0.39, 0.29) is 65.7 Å². The van der Waals surface area contributed by atoms with Crippen molar-refractivity contribution in [2.24, 2.45) is 11.8 Å². The van der Waals surface area contributed by atoms with Crippen LogP contribution in [0.5, 0.6) is 0 Å². The second-order valence-corrected chi connectivity index (χ2v) is 9.69. The van der Waals surface area contributed by atoms with Crippen LogP contribution in [0.25, 0.3) is 0 Å². The molecule has 0 unspecified atom stereocenters. The smallest absolute Gasteiger partial charge is 0.543 e. The molecule has 1 N–H and O–H groups in total. The number of thioether (sulfide) groups is 1. The van der Waals surface area contributed by atoms with Crippen LogP contribution in [0.15, 0.2) is 33.8 Å². The number of carboxylic acids is 1. The molecule has 31 heavy (non-hydrogen) atoms. The summed E-state index contributed by atoms with van der Waals surface area (Å²) in [6.45, 7) is 1.46. The molecule has 2 rings (SSSR count). The third kappa shape index (κ3) is 9.39. The van der Waals surface area contributed by atoms with Crippen molar-refractivity contribution < 1.29 is 62.5 Å². The van der Waals surface area contributed by atoms with Crippen molar-refractivity contribution in [3.8, 4) is 0 Å². The second-order valence-electron chi connectivity index (χ2n) is 7.49. The number of ketones is 1. The Morgan fingerprint density at radius 3 is 2.77 bits per heavy atom. The van der Waals surface area contributed by atoms with Crippen LogP contribution in [0.3, 0.4) is 0 Å². The Hall–Kier alpha value is -0.650. The molecule has 166 valence electrons. The fourth-order valence-electron chi connectivity index (χ4n) is 3.30. The molecule has 0 bridgehead atoms. The van der Waals surface area contributed by atoms with Gasteiger partial charge in [0, 0.05) is 29.9 Å². The molecule has 1 saturated carbocycles. The maximum atomic E-state index is 12.9. The molecule has 0 aromatic carbocycles. The van der Waals surface area contributed by atoms with Gasteiger partial charge >= 0.3 is 35.6 Å². The van der Waals surface area contributed by atoms with Gasteiger partial charge in [0.15, 0.2) is 10.2 Å². The molecule has 0 aliphatic heterocycles. The fourth-order valence-corrected chi connectivity index (χ4v) is 5.19. The molecule has 11 heteroatoms. The number of carbonyl (C=O) groups is 2. The molecule has 1 heterocycles. The Bertz CT molecular complexity index is 825. The van der Waals surface area contributed by atoms with Crippen LogP contribution in [-0.2, 0) is 4.79 Å². The number of halogens is 3. The number of hydrogen-bond donors (Lipinski definition) is 1. The number of rotatable bonds is 11. The number of aromatic nitrogens is 1. The van der Waals surface area contributed by atoms with Gasteiger partial charge in [0.1, 0.15) is 5.78 Å². The summed E-state index contributed by atoms with van der Waals surface area (Å²) in [6.07, 6.45) is 2.53. The number of carbonyl (C=O) groups excluding carboxylic acids is 2. The molecule has 1 aliphatic carbocycles. The topological polar surface area (TPSA) is 90.3 Å². The van der Waals surface area contributed by atoms with E-state index in [0.29, 0.717) is 29.4 Å². The second kappa shape index (κ2) is 13.2. The first-order valence-corrected chi connectivity index (χ1v) is 11.4. The van der Waals surface area contributed by atoms with Gasteiger partial charge in [-0.25, -0.2) is 9.37 Å². The summed E-state index contributed by atoms with van der Waals surface area (Å²) in [7, 11) is 0. The summed E-state index contributed by atoms with van der Waals surface area (Å²) >= 11 is 2.60. The van der Waals surface area contributed by atoms with E-state index in [1.165, 1.54) is 35.4 Å². The number of hydrogen-bond acceptors (Lipinski definition) is 7. The van der Waals surface area contributed by atoms with Crippen molar-refractivity contribution in [3.63, 3.8) is 0 Å². The van der Waals surface area contributed by atoms with Crippen molar-refractivity contribution >= 4 is 34.9 Å². The Kier molecular flexibility index (Phi) is 12.0. The van der Waals surface area contributed by atoms with Gasteiger partial charge in [0.05, 0.1) is 17.3 Å². The van der Waals surface area contributed by atoms with Crippen LogP contribution in [0.4, 0.5) is 13.2 Å². The first kappa shape index (κ1) is 28.4. The molecule has 0 saturated heterocycles. The van der Waals surface area contributed by atoms with Crippen molar-refractivity contribution in [2.75, 3.05) is 5.75 Å². The van der Waals surface area contributed by atoms with Crippen LogP contribution < -0.4 is 34.7 Å². The summed E-state index contributed by atoms with van der Waals surface area (Å²) < 4.78 is 37.8. The number of carboxylic acid groups (broad SMARTS) is 1. The predicted octanol–water partition coefficient (Wildman–Crippen LogP) is 1.14. The summed E-state index contributed by atoms with van der Waals surface area (Å²) in [5, 5.41) is 22.4. The van der Waals surface area contributed by atoms with Gasteiger partial charge in [-0.2, -0.15) is 8.78 Å². The molecule has 0 amide bonds. The molecule has 3 atom stereocenters. The number of nitrogens with zero attached hydrogens (tertiary/aromatic N) is 1. The first-order valence-electron chi connectivity index (χ1n) is 9.50. The molecular weight excluding hydrogens is 462 g/mol. The maximum absolute atomic E-state index is 12.9. The fraction of sp³-hybridized carbons (Fsp3) is 0.550. The van der Waals surface area contributed by atoms with Gasteiger partial charge in [0.2, 0.25) is 0 Å². The van der Waals surface area contributed by atoms with E-state index >= 15 is 0 Å². The van der Waals surface area contributed by atoms with E-state index in [1.807, 2.05) is 6.08 Å². The number of aliphatic hydroxyl groups is 1. The summed E-state index contributed by atoms with van der Waals surface area (Å²) in [5.74, 6) is -2.20. The third-order valence-corrected chi connectivity index (χ3v) is 7.08. The molecule has 1 aromatic rings. The van der Waals surface area contributed by atoms with Gasteiger partial charge in [0.25, 0.3) is 0 Å². The van der Waals surface area contributed by atoms with Crippen LogP contribution in [0.2, 0.25) is 0 Å². The van der Waals surface area contributed by atoms with Crippen LogP contribution >= 0.6 is 23.1 Å². The van der Waals surface area contributed by atoms with Gasteiger partial charge in [-0.15, -0.1) is 11.3 Å². The van der Waals surface area contributed by atoms with Crippen molar-refractivity contribution in [1.82, 2.24) is 4.98 Å². The molecule has 1 aliphatic rings. The zero-order valence-corrected chi connectivity index (χ0v) is 21.0. The minimum absolute atomic E-state index is 0. The van der Waals surface area contributed by atoms with Crippen LogP contribution in [-0.4, -0.2) is 33.2 Å². The molecule has 1 aromatic heterocycles. The van der Waals surface area contributed by atoms with Gasteiger partial charge < -0.3 is 15.0 Å². The largest absolute Gasteiger partial charge is 1.00 e. The first-order chi connectivity index (χ1) is 14.1. The standard InChI is InChI=1S/C20H24F3NO4S2.Na/c1-20(28,9-6-14(21)17(22)23)8-2-3-12-4-5-16(25)13(12)7-10-29-19-24-15(11-30-19)18(26)27;/h2-3,11-13,28H,4-10H2,1H3,(H,26,27);/q;+1/p-1/b3-2+;/t12-,13-,20-;/m1./s1. The Balaban J connectivity index is 0.00000480. The summed E-state index contributed by atoms with van der Waals surface area (Å²) in [6, 6.07) is 0. The maximum Gasteiger partial charge on any atom is 1.00 e. The molecule has 0 spiro atoms. The molecule has 5 nitrogen and oxygen atoms in total. The van der Waals surface area contributed by atoms with E-state index in [2.05, 4.69) is 4.98 Å². The van der Waals surface area contributed by atoms with Crippen LogP contribution in [0, 0.1) is 11.8 Å². The van der Waals surface area contributed by atoms with E-state index in [0.717, 1.165) is 0 Å². The SMILES string of the molecule is C[C@@](O)(C/C=C/[C@@H]1CCC(=O)[C@@H]1CCSc1nc(C(=O)[O-])cs1)CCC(F)=C(F)F.[Na+]. The van der Waals surface area contributed by atoms with E-state index in [1.54, 1.807) is 6.08 Å². The molecule has 1 fully saturated rings. The Morgan fingerprint density at radius 2 is 2.16 bits per heavy atom. The normalized spacial score (nSPS) is 20.5. The van der Waals surface area contributed by atoms with Crippen LogP contribution in [0.1, 0.15) is 55.9 Å². The zero-order valence-electron chi connectivity index (χ0n) is 17.4.